The fourth-order valence-electron chi connectivity index (χ4n) is 1.37. The highest BCUT2D eigenvalue weighted by atomic mass is 16.2. The number of nitrogens with one attached hydrogen (secondary N) is 2. The number of primary amides is 1. The highest BCUT2D eigenvalue weighted by molar-refractivity contribution is 5.93. The summed E-state index contributed by atoms with van der Waals surface area (Å²) in [4.78, 5) is 22.5. The maximum atomic E-state index is 11.6. The molecule has 5 heteroatoms. The van der Waals surface area contributed by atoms with Crippen LogP contribution in [-0.4, -0.2) is 24.4 Å². The lowest BCUT2D eigenvalue weighted by Crippen LogP contribution is -2.37. The van der Waals surface area contributed by atoms with E-state index in [0.717, 1.165) is 5.69 Å². The van der Waals surface area contributed by atoms with Crippen molar-refractivity contribution in [1.82, 2.24) is 5.32 Å². The lowest BCUT2D eigenvalue weighted by Gasteiger charge is -2.14. The molecule has 18 heavy (non-hydrogen) atoms. The topological polar surface area (TPSA) is 84.2 Å². The van der Waals surface area contributed by atoms with E-state index in [2.05, 4.69) is 17.2 Å². The van der Waals surface area contributed by atoms with Crippen LogP contribution in [0.15, 0.2) is 36.9 Å². The molecule has 0 saturated carbocycles. The minimum absolute atomic E-state index is 0.117. The van der Waals surface area contributed by atoms with Crippen LogP contribution in [-0.2, 0) is 4.79 Å². The van der Waals surface area contributed by atoms with Crippen LogP contribution < -0.4 is 16.4 Å². The molecule has 0 aromatic heterocycles. The summed E-state index contributed by atoms with van der Waals surface area (Å²) >= 11 is 0. The summed E-state index contributed by atoms with van der Waals surface area (Å²) in [6.07, 6.45) is 1.62. The Morgan fingerprint density at radius 1 is 1.39 bits per heavy atom. The minimum Gasteiger partial charge on any atom is -0.374 e. The van der Waals surface area contributed by atoms with Crippen molar-refractivity contribution >= 4 is 17.5 Å². The van der Waals surface area contributed by atoms with E-state index in [-0.39, 0.29) is 11.9 Å². The molecule has 0 aliphatic carbocycles. The second-order valence-corrected chi connectivity index (χ2v) is 3.84. The normalized spacial score (nSPS) is 11.4. The Hall–Kier alpha value is -2.30. The van der Waals surface area contributed by atoms with E-state index in [9.17, 15) is 9.59 Å². The van der Waals surface area contributed by atoms with Gasteiger partial charge in [-0.3, -0.25) is 9.59 Å². The molecule has 1 aromatic rings. The summed E-state index contributed by atoms with van der Waals surface area (Å²) in [7, 11) is 0. The maximum absolute atomic E-state index is 11.6. The van der Waals surface area contributed by atoms with Crippen molar-refractivity contribution in [3.05, 3.63) is 42.5 Å². The van der Waals surface area contributed by atoms with Crippen molar-refractivity contribution in [2.24, 2.45) is 5.73 Å². The largest absolute Gasteiger partial charge is 0.374 e. The van der Waals surface area contributed by atoms with E-state index in [0.29, 0.717) is 12.1 Å². The SMILES string of the molecule is C=CCNC(=O)C(C)Nc1ccc(C(N)=O)cc1. The van der Waals surface area contributed by atoms with Gasteiger partial charge in [0.1, 0.15) is 6.04 Å². The molecule has 0 spiro atoms. The van der Waals surface area contributed by atoms with Crippen LogP contribution in [0.3, 0.4) is 0 Å². The second-order valence-electron chi connectivity index (χ2n) is 3.84. The van der Waals surface area contributed by atoms with E-state index in [1.807, 2.05) is 0 Å². The highest BCUT2D eigenvalue weighted by Gasteiger charge is 2.11. The van der Waals surface area contributed by atoms with Crippen molar-refractivity contribution in [2.45, 2.75) is 13.0 Å². The minimum atomic E-state index is -0.474. The van der Waals surface area contributed by atoms with Gasteiger partial charge in [0.15, 0.2) is 0 Å². The summed E-state index contributed by atoms with van der Waals surface area (Å²) in [5, 5.41) is 5.71. The van der Waals surface area contributed by atoms with Gasteiger partial charge in [-0.05, 0) is 31.2 Å². The van der Waals surface area contributed by atoms with E-state index in [4.69, 9.17) is 5.73 Å². The zero-order valence-corrected chi connectivity index (χ0v) is 10.3. The number of hydrogen-bond donors (Lipinski definition) is 3. The van der Waals surface area contributed by atoms with Crippen molar-refractivity contribution < 1.29 is 9.59 Å². The molecule has 1 atom stereocenters. The first kappa shape index (κ1) is 13.8. The first-order valence-electron chi connectivity index (χ1n) is 5.59. The second kappa shape index (κ2) is 6.44. The fourth-order valence-corrected chi connectivity index (χ4v) is 1.37. The van der Waals surface area contributed by atoms with E-state index >= 15 is 0 Å². The molecular weight excluding hydrogens is 230 g/mol. The van der Waals surface area contributed by atoms with Crippen LogP contribution in [0.4, 0.5) is 5.69 Å². The van der Waals surface area contributed by atoms with Crippen molar-refractivity contribution in [3.63, 3.8) is 0 Å². The molecule has 0 heterocycles. The number of rotatable bonds is 6. The van der Waals surface area contributed by atoms with Crippen LogP contribution in [0.5, 0.6) is 0 Å². The van der Waals surface area contributed by atoms with Crippen LogP contribution in [0.2, 0.25) is 0 Å². The van der Waals surface area contributed by atoms with E-state index < -0.39 is 5.91 Å². The van der Waals surface area contributed by atoms with Crippen LogP contribution in [0, 0.1) is 0 Å². The third kappa shape index (κ3) is 3.93. The van der Waals surface area contributed by atoms with Gasteiger partial charge in [0.05, 0.1) is 0 Å². The maximum Gasteiger partial charge on any atom is 0.248 e. The number of anilines is 1. The van der Waals surface area contributed by atoms with Gasteiger partial charge >= 0.3 is 0 Å². The zero-order chi connectivity index (χ0) is 13.5. The molecule has 0 fully saturated rings. The Morgan fingerprint density at radius 2 is 2.00 bits per heavy atom. The molecule has 0 aliphatic rings. The van der Waals surface area contributed by atoms with Gasteiger partial charge in [-0.1, -0.05) is 6.08 Å². The fraction of sp³-hybridized carbons (Fsp3) is 0.231. The van der Waals surface area contributed by atoms with Crippen molar-refractivity contribution in [3.8, 4) is 0 Å². The molecule has 0 radical (unpaired) electrons. The summed E-state index contributed by atoms with van der Waals surface area (Å²) in [5.41, 5.74) is 6.32. The molecular formula is C13H17N3O2. The predicted octanol–water partition coefficient (Wildman–Crippen LogP) is 0.888. The van der Waals surface area contributed by atoms with Gasteiger partial charge in [-0.25, -0.2) is 0 Å². The lowest BCUT2D eigenvalue weighted by atomic mass is 10.2. The number of benzene rings is 1. The van der Waals surface area contributed by atoms with Gasteiger partial charge in [0.25, 0.3) is 0 Å². The molecule has 0 bridgehead atoms. The van der Waals surface area contributed by atoms with Crippen molar-refractivity contribution in [1.29, 1.82) is 0 Å². The first-order valence-corrected chi connectivity index (χ1v) is 5.59. The number of carbonyl (C=O) groups is 2. The smallest absolute Gasteiger partial charge is 0.248 e. The van der Waals surface area contributed by atoms with Crippen LogP contribution >= 0.6 is 0 Å². The highest BCUT2D eigenvalue weighted by Crippen LogP contribution is 2.10. The van der Waals surface area contributed by atoms with Crippen molar-refractivity contribution in [2.75, 3.05) is 11.9 Å². The Labute approximate surface area is 106 Å². The van der Waals surface area contributed by atoms with Gasteiger partial charge in [-0.15, -0.1) is 6.58 Å². The van der Waals surface area contributed by atoms with Gasteiger partial charge in [0, 0.05) is 17.8 Å². The summed E-state index contributed by atoms with van der Waals surface area (Å²) < 4.78 is 0. The third-order valence-electron chi connectivity index (χ3n) is 2.37. The van der Waals surface area contributed by atoms with Crippen LogP contribution in [0.25, 0.3) is 0 Å². The van der Waals surface area contributed by atoms with Gasteiger partial charge in [0.2, 0.25) is 11.8 Å². The molecule has 5 nitrogen and oxygen atoms in total. The van der Waals surface area contributed by atoms with E-state index in [1.165, 1.54) is 0 Å². The Balaban J connectivity index is 2.58. The van der Waals surface area contributed by atoms with E-state index in [1.54, 1.807) is 37.3 Å². The summed E-state index contributed by atoms with van der Waals surface area (Å²) in [6.45, 7) is 5.71. The van der Waals surface area contributed by atoms with Gasteiger partial charge < -0.3 is 16.4 Å². The first-order chi connectivity index (χ1) is 8.54. The molecule has 2 amide bonds. The Kier molecular flexibility index (Phi) is 4.92. The molecule has 0 aliphatic heterocycles. The third-order valence-corrected chi connectivity index (χ3v) is 2.37. The standard InChI is InChI=1S/C13H17N3O2/c1-3-8-15-13(18)9(2)16-11-6-4-10(5-7-11)12(14)17/h3-7,9,16H,1,8H2,2H3,(H2,14,17)(H,15,18). The number of nitrogens with two attached hydrogens (primary N) is 1. The molecule has 1 rings (SSSR count). The number of hydrogen-bond acceptors (Lipinski definition) is 3. The lowest BCUT2D eigenvalue weighted by molar-refractivity contribution is -0.121. The molecule has 1 aromatic carbocycles. The molecule has 0 saturated heterocycles. The number of carbonyl (C=O) groups excluding carboxylic acids is 2. The van der Waals surface area contributed by atoms with Gasteiger partial charge in [-0.2, -0.15) is 0 Å². The Bertz CT molecular complexity index is 440. The average molecular weight is 247 g/mol. The van der Waals surface area contributed by atoms with Crippen LogP contribution in [0.1, 0.15) is 17.3 Å². The average Bonchev–Trinajstić information content (AvgIpc) is 2.36. The molecule has 96 valence electrons. The quantitative estimate of drug-likeness (QED) is 0.653. The zero-order valence-electron chi connectivity index (χ0n) is 10.3. The summed E-state index contributed by atoms with van der Waals surface area (Å²) in [6, 6.07) is 6.26. The Morgan fingerprint density at radius 3 is 2.50 bits per heavy atom. The monoisotopic (exact) mass is 247 g/mol. The molecule has 1 unspecified atom stereocenters. The molecule has 4 N–H and O–H groups in total. The number of amides is 2. The summed E-state index contributed by atoms with van der Waals surface area (Å²) in [5.74, 6) is -0.591. The predicted molar refractivity (Wildman–Crippen MR) is 71.3 cm³/mol.